The highest BCUT2D eigenvalue weighted by Gasteiger charge is 2.32. The van der Waals surface area contributed by atoms with E-state index in [1.54, 1.807) is 25.1 Å². The monoisotopic (exact) mass is 309 g/mol. The molecule has 21 heavy (non-hydrogen) atoms. The molecule has 1 aromatic rings. The van der Waals surface area contributed by atoms with Crippen molar-refractivity contribution in [3.63, 3.8) is 0 Å². The zero-order valence-corrected chi connectivity index (χ0v) is 12.7. The van der Waals surface area contributed by atoms with Crippen molar-refractivity contribution < 1.29 is 18.6 Å². The van der Waals surface area contributed by atoms with Crippen molar-refractivity contribution in [3.8, 4) is 11.8 Å². The molecule has 1 saturated heterocycles. The Kier molecular flexibility index (Phi) is 5.01. The van der Waals surface area contributed by atoms with Crippen molar-refractivity contribution in [1.29, 1.82) is 0 Å². The average molecular weight is 309 g/mol. The second kappa shape index (κ2) is 6.58. The van der Waals surface area contributed by atoms with Crippen LogP contribution >= 0.6 is 0 Å². The molecular weight excluding hydrogens is 290 g/mol. The van der Waals surface area contributed by atoms with Crippen LogP contribution < -0.4 is 0 Å². The molecule has 2 N–H and O–H groups in total. The zero-order valence-electron chi connectivity index (χ0n) is 11.9. The Morgan fingerprint density at radius 1 is 1.43 bits per heavy atom. The van der Waals surface area contributed by atoms with E-state index < -0.39 is 16.1 Å². The lowest BCUT2D eigenvalue weighted by Gasteiger charge is -2.17. The third-order valence-corrected chi connectivity index (χ3v) is 5.41. The molecule has 0 spiro atoms. The molecule has 1 fully saturated rings. The summed E-state index contributed by atoms with van der Waals surface area (Å²) in [5.41, 5.74) is 1.26. The summed E-state index contributed by atoms with van der Waals surface area (Å²) in [7, 11) is -3.60. The largest absolute Gasteiger partial charge is 0.395 e. The van der Waals surface area contributed by atoms with Gasteiger partial charge in [0.05, 0.1) is 17.6 Å². The molecule has 1 aliphatic heterocycles. The molecule has 1 heterocycles. The third-order valence-electron chi connectivity index (χ3n) is 3.40. The van der Waals surface area contributed by atoms with Crippen molar-refractivity contribution in [2.24, 2.45) is 0 Å². The number of aliphatic hydroxyl groups is 2. The molecule has 0 aromatic heterocycles. The highest BCUT2D eigenvalue weighted by Crippen LogP contribution is 2.24. The molecule has 1 unspecified atom stereocenters. The maximum atomic E-state index is 12.6. The van der Waals surface area contributed by atoms with E-state index in [2.05, 4.69) is 11.8 Å². The second-order valence-corrected chi connectivity index (χ2v) is 6.97. The summed E-state index contributed by atoms with van der Waals surface area (Å²) < 4.78 is 26.5. The molecule has 2 rings (SSSR count). The number of sulfonamides is 1. The van der Waals surface area contributed by atoms with Crippen LogP contribution in [0.2, 0.25) is 0 Å². The van der Waals surface area contributed by atoms with Crippen LogP contribution in [0.1, 0.15) is 24.0 Å². The molecule has 0 amide bonds. The normalized spacial score (nSPS) is 19.3. The van der Waals surface area contributed by atoms with Crippen molar-refractivity contribution in [1.82, 2.24) is 4.31 Å². The lowest BCUT2D eigenvalue weighted by Crippen LogP contribution is -2.30. The number of aryl methyl sites for hydroxylation is 1. The average Bonchev–Trinajstić information content (AvgIpc) is 2.88. The molecule has 0 bridgehead atoms. The predicted molar refractivity (Wildman–Crippen MR) is 79.1 cm³/mol. The predicted octanol–water partition coefficient (Wildman–Crippen LogP) is 0.484. The van der Waals surface area contributed by atoms with Crippen molar-refractivity contribution in [2.75, 3.05) is 19.7 Å². The standard InChI is InChI=1S/C15H19NO4S/c1-12-5-6-13(4-2-3-9-17)10-15(12)21(19,20)16-8-7-14(18)11-16/h5-6,10,14,17-18H,3,7-9,11H2,1H3. The lowest BCUT2D eigenvalue weighted by molar-refractivity contribution is 0.189. The number of rotatable bonds is 3. The van der Waals surface area contributed by atoms with Gasteiger partial charge in [-0.1, -0.05) is 17.9 Å². The molecule has 5 nitrogen and oxygen atoms in total. The van der Waals surface area contributed by atoms with E-state index in [4.69, 9.17) is 5.11 Å². The minimum absolute atomic E-state index is 0.0182. The Labute approximate surface area is 125 Å². The van der Waals surface area contributed by atoms with Gasteiger partial charge in [-0.2, -0.15) is 4.31 Å². The molecule has 1 aromatic carbocycles. The molecule has 6 heteroatoms. The SMILES string of the molecule is Cc1ccc(C#CCCO)cc1S(=O)(=O)N1CCC(O)C1. The maximum Gasteiger partial charge on any atom is 0.243 e. The van der Waals surface area contributed by atoms with E-state index >= 15 is 0 Å². The first kappa shape index (κ1) is 16.0. The van der Waals surface area contributed by atoms with Crippen LogP contribution in [0.3, 0.4) is 0 Å². The number of benzene rings is 1. The van der Waals surface area contributed by atoms with E-state index in [-0.39, 0.29) is 18.0 Å². The fourth-order valence-electron chi connectivity index (χ4n) is 2.24. The van der Waals surface area contributed by atoms with Crippen LogP contribution in [0.15, 0.2) is 23.1 Å². The third kappa shape index (κ3) is 3.63. The maximum absolute atomic E-state index is 12.6. The summed E-state index contributed by atoms with van der Waals surface area (Å²) in [6.07, 6.45) is 0.232. The first-order chi connectivity index (χ1) is 9.95. The van der Waals surface area contributed by atoms with Crippen molar-refractivity contribution in [2.45, 2.75) is 30.8 Å². The quantitative estimate of drug-likeness (QED) is 0.796. The summed E-state index contributed by atoms with van der Waals surface area (Å²) in [6, 6.07) is 5.04. The van der Waals surface area contributed by atoms with E-state index in [0.29, 0.717) is 30.5 Å². The zero-order chi connectivity index (χ0) is 15.5. The van der Waals surface area contributed by atoms with Crippen LogP contribution in [0.5, 0.6) is 0 Å². The smallest absolute Gasteiger partial charge is 0.243 e. The Bertz CT molecular complexity index is 673. The number of hydrogen-bond acceptors (Lipinski definition) is 4. The molecule has 0 saturated carbocycles. The Hall–Kier alpha value is -1.39. The van der Waals surface area contributed by atoms with Crippen molar-refractivity contribution >= 4 is 10.0 Å². The van der Waals surface area contributed by atoms with Gasteiger partial charge in [0, 0.05) is 25.1 Å². The van der Waals surface area contributed by atoms with Gasteiger partial charge in [-0.05, 0) is 31.0 Å². The number of β-amino-alcohol motifs (C(OH)–C–C–N with tert-alkyl or cyclic N) is 1. The molecular formula is C15H19NO4S. The van der Waals surface area contributed by atoms with Gasteiger partial charge in [-0.15, -0.1) is 0 Å². The fourth-order valence-corrected chi connectivity index (χ4v) is 3.99. The summed E-state index contributed by atoms with van der Waals surface area (Å²) in [6.45, 7) is 2.20. The molecule has 0 aliphatic carbocycles. The summed E-state index contributed by atoms with van der Waals surface area (Å²) in [4.78, 5) is 0.229. The van der Waals surface area contributed by atoms with E-state index in [9.17, 15) is 13.5 Å². The van der Waals surface area contributed by atoms with Crippen LogP contribution in [0, 0.1) is 18.8 Å². The van der Waals surface area contributed by atoms with Gasteiger partial charge < -0.3 is 10.2 Å². The van der Waals surface area contributed by atoms with Crippen LogP contribution in [0.25, 0.3) is 0 Å². The topological polar surface area (TPSA) is 77.8 Å². The van der Waals surface area contributed by atoms with E-state index in [1.807, 2.05) is 0 Å². The highest BCUT2D eigenvalue weighted by atomic mass is 32.2. The van der Waals surface area contributed by atoms with Gasteiger partial charge in [0.25, 0.3) is 0 Å². The van der Waals surface area contributed by atoms with Gasteiger partial charge in [-0.25, -0.2) is 8.42 Å². The van der Waals surface area contributed by atoms with E-state index in [0.717, 1.165) is 0 Å². The Morgan fingerprint density at radius 3 is 2.81 bits per heavy atom. The highest BCUT2D eigenvalue weighted by molar-refractivity contribution is 7.89. The van der Waals surface area contributed by atoms with E-state index in [1.165, 1.54) is 4.31 Å². The van der Waals surface area contributed by atoms with Crippen LogP contribution in [0.4, 0.5) is 0 Å². The van der Waals surface area contributed by atoms with Gasteiger partial charge >= 0.3 is 0 Å². The molecule has 114 valence electrons. The first-order valence-electron chi connectivity index (χ1n) is 6.83. The molecule has 1 aliphatic rings. The Balaban J connectivity index is 2.34. The molecule has 1 atom stereocenters. The van der Waals surface area contributed by atoms with Gasteiger partial charge in [0.15, 0.2) is 0 Å². The lowest BCUT2D eigenvalue weighted by atomic mass is 10.1. The first-order valence-corrected chi connectivity index (χ1v) is 8.28. The number of nitrogens with zero attached hydrogens (tertiary/aromatic N) is 1. The molecule has 0 radical (unpaired) electrons. The fraction of sp³-hybridized carbons (Fsp3) is 0.467. The van der Waals surface area contributed by atoms with Gasteiger partial charge in [0.2, 0.25) is 10.0 Å². The summed E-state index contributed by atoms with van der Waals surface area (Å²) in [5.74, 6) is 5.62. The number of aliphatic hydroxyl groups excluding tert-OH is 2. The minimum Gasteiger partial charge on any atom is -0.395 e. The van der Waals surface area contributed by atoms with Gasteiger partial charge in [0.1, 0.15) is 0 Å². The summed E-state index contributed by atoms with van der Waals surface area (Å²) in [5, 5.41) is 18.2. The number of hydrogen-bond donors (Lipinski definition) is 2. The minimum atomic E-state index is -3.60. The van der Waals surface area contributed by atoms with Crippen LogP contribution in [-0.4, -0.2) is 48.7 Å². The van der Waals surface area contributed by atoms with Crippen LogP contribution in [-0.2, 0) is 10.0 Å². The van der Waals surface area contributed by atoms with Crippen molar-refractivity contribution in [3.05, 3.63) is 29.3 Å². The summed E-state index contributed by atoms with van der Waals surface area (Å²) >= 11 is 0. The van der Waals surface area contributed by atoms with Gasteiger partial charge in [-0.3, -0.25) is 0 Å². The Morgan fingerprint density at radius 2 is 2.19 bits per heavy atom. The second-order valence-electron chi connectivity index (χ2n) is 5.06.